The summed E-state index contributed by atoms with van der Waals surface area (Å²) in [5, 5.41) is 12.1. The summed E-state index contributed by atoms with van der Waals surface area (Å²) in [6, 6.07) is 15.3. The van der Waals surface area contributed by atoms with E-state index in [0.717, 1.165) is 16.4 Å². The number of anilines is 1. The Bertz CT molecular complexity index is 1410. The highest BCUT2D eigenvalue weighted by Crippen LogP contribution is 2.35. The number of halogens is 1. The van der Waals surface area contributed by atoms with Gasteiger partial charge >= 0.3 is 0 Å². The lowest BCUT2D eigenvalue weighted by Crippen LogP contribution is -2.26. The van der Waals surface area contributed by atoms with Crippen molar-refractivity contribution in [2.75, 3.05) is 11.4 Å². The highest BCUT2D eigenvalue weighted by atomic mass is 32.2. The van der Waals surface area contributed by atoms with E-state index in [4.69, 9.17) is 4.74 Å². The minimum atomic E-state index is -3.87. The molecule has 0 amide bonds. The minimum Gasteiger partial charge on any atom is -0.457 e. The van der Waals surface area contributed by atoms with Crippen molar-refractivity contribution in [2.45, 2.75) is 4.90 Å². The average molecular weight is 453 g/mol. The molecular formula is C22H16FN3O5S. The Morgan fingerprint density at radius 2 is 1.66 bits per heavy atom. The van der Waals surface area contributed by atoms with Crippen LogP contribution in [0.1, 0.15) is 0 Å². The van der Waals surface area contributed by atoms with Gasteiger partial charge < -0.3 is 4.74 Å². The Balaban J connectivity index is 1.60. The zero-order valence-corrected chi connectivity index (χ0v) is 17.5. The van der Waals surface area contributed by atoms with Gasteiger partial charge in [0.1, 0.15) is 17.3 Å². The Kier molecular flexibility index (Phi) is 5.45. The molecule has 1 aromatic heterocycles. The minimum absolute atomic E-state index is 0.0346. The zero-order valence-electron chi connectivity index (χ0n) is 16.7. The number of pyridine rings is 1. The van der Waals surface area contributed by atoms with Gasteiger partial charge in [-0.25, -0.2) is 12.8 Å². The topological polar surface area (TPSA) is 103 Å². The van der Waals surface area contributed by atoms with Crippen LogP contribution in [-0.4, -0.2) is 25.4 Å². The van der Waals surface area contributed by atoms with Crippen LogP contribution in [0.15, 0.2) is 84.0 Å². The second-order valence-electron chi connectivity index (χ2n) is 6.78. The maximum Gasteiger partial charge on any atom is 0.279 e. The molecule has 0 saturated heterocycles. The van der Waals surface area contributed by atoms with Crippen LogP contribution in [-0.2, 0) is 10.0 Å². The van der Waals surface area contributed by atoms with Crippen LogP contribution >= 0.6 is 0 Å². The lowest BCUT2D eigenvalue weighted by Gasteiger charge is -2.20. The third kappa shape index (κ3) is 3.95. The number of hydrogen-bond donors (Lipinski definition) is 0. The van der Waals surface area contributed by atoms with E-state index in [0.29, 0.717) is 28.0 Å². The molecule has 4 aromatic rings. The molecular weight excluding hydrogens is 437 g/mol. The first kappa shape index (κ1) is 21.2. The average Bonchev–Trinajstić information content (AvgIpc) is 2.79. The number of fused-ring (bicyclic) bond motifs is 1. The van der Waals surface area contributed by atoms with Crippen molar-refractivity contribution in [1.82, 2.24) is 4.98 Å². The Hall–Kier alpha value is -4.05. The van der Waals surface area contributed by atoms with Gasteiger partial charge in [0.25, 0.3) is 15.7 Å². The van der Waals surface area contributed by atoms with Crippen LogP contribution in [0.2, 0.25) is 0 Å². The molecule has 10 heteroatoms. The Morgan fingerprint density at radius 3 is 2.31 bits per heavy atom. The molecule has 0 atom stereocenters. The number of nitrogens with zero attached hydrogens (tertiary/aromatic N) is 3. The first-order valence-corrected chi connectivity index (χ1v) is 10.7. The van der Waals surface area contributed by atoms with Crippen molar-refractivity contribution in [3.8, 4) is 11.5 Å². The van der Waals surface area contributed by atoms with E-state index in [1.165, 1.54) is 43.7 Å². The summed E-state index contributed by atoms with van der Waals surface area (Å²) in [7, 11) is -2.47. The maximum absolute atomic E-state index is 13.1. The summed E-state index contributed by atoms with van der Waals surface area (Å²) < 4.78 is 45.6. The second kappa shape index (κ2) is 8.23. The summed E-state index contributed by atoms with van der Waals surface area (Å²) in [6.45, 7) is 0. The molecule has 8 nitrogen and oxygen atoms in total. The zero-order chi connectivity index (χ0) is 22.9. The summed E-state index contributed by atoms with van der Waals surface area (Å²) in [5.74, 6) is 0.281. The van der Waals surface area contributed by atoms with Crippen molar-refractivity contribution in [3.63, 3.8) is 0 Å². The van der Waals surface area contributed by atoms with Crippen LogP contribution in [0, 0.1) is 15.9 Å². The molecule has 0 N–H and O–H groups in total. The molecule has 162 valence electrons. The summed E-state index contributed by atoms with van der Waals surface area (Å²) in [4.78, 5) is 14.7. The van der Waals surface area contributed by atoms with Gasteiger partial charge in [-0.05, 0) is 60.7 Å². The highest BCUT2D eigenvalue weighted by Gasteiger charge is 2.21. The maximum atomic E-state index is 13.1. The molecule has 0 radical (unpaired) electrons. The van der Waals surface area contributed by atoms with Gasteiger partial charge in [-0.1, -0.05) is 0 Å². The van der Waals surface area contributed by atoms with Crippen molar-refractivity contribution in [1.29, 1.82) is 0 Å². The lowest BCUT2D eigenvalue weighted by atomic mass is 10.1. The second-order valence-corrected chi connectivity index (χ2v) is 8.75. The van der Waals surface area contributed by atoms with E-state index < -0.39 is 20.8 Å². The van der Waals surface area contributed by atoms with Crippen molar-refractivity contribution >= 4 is 32.2 Å². The number of nitro groups is 1. The first-order valence-electron chi connectivity index (χ1n) is 9.31. The molecule has 0 bridgehead atoms. The number of hydrogen-bond acceptors (Lipinski definition) is 6. The van der Waals surface area contributed by atoms with Crippen LogP contribution in [0.3, 0.4) is 0 Å². The summed E-state index contributed by atoms with van der Waals surface area (Å²) >= 11 is 0. The van der Waals surface area contributed by atoms with Gasteiger partial charge in [-0.3, -0.25) is 19.4 Å². The molecule has 0 aliphatic rings. The predicted octanol–water partition coefficient (Wildman–Crippen LogP) is 4.90. The van der Waals surface area contributed by atoms with Gasteiger partial charge in [-0.2, -0.15) is 0 Å². The largest absolute Gasteiger partial charge is 0.457 e. The third-order valence-electron chi connectivity index (χ3n) is 4.85. The van der Waals surface area contributed by atoms with Crippen LogP contribution in [0.25, 0.3) is 10.8 Å². The molecule has 0 aliphatic carbocycles. The number of ether oxygens (including phenoxy) is 1. The standard InChI is InChI=1S/C22H16FN3O5S/c1-25(32(29,30)18-8-2-15(23)3-9-18)16-4-6-17(7-5-16)31-22-11-10-21(26(27)28)20-14-24-13-12-19(20)22/h2-14H,1H3. The lowest BCUT2D eigenvalue weighted by molar-refractivity contribution is -0.383. The molecule has 0 unspecified atom stereocenters. The summed E-state index contributed by atoms with van der Waals surface area (Å²) in [5.41, 5.74) is 0.294. The number of aromatic nitrogens is 1. The molecule has 0 spiro atoms. The number of rotatable bonds is 6. The SMILES string of the molecule is CN(c1ccc(Oc2ccc([N+](=O)[O-])c3cnccc23)cc1)S(=O)(=O)c1ccc(F)cc1. The molecule has 0 saturated carbocycles. The van der Waals surface area contributed by atoms with Gasteiger partial charge in [0.15, 0.2) is 0 Å². The number of non-ortho nitro benzene ring substituents is 1. The Morgan fingerprint density at radius 1 is 0.969 bits per heavy atom. The van der Waals surface area contributed by atoms with Crippen molar-refractivity contribution in [3.05, 3.63) is 95.1 Å². The van der Waals surface area contributed by atoms with E-state index in [-0.39, 0.29) is 10.6 Å². The first-order chi connectivity index (χ1) is 15.3. The van der Waals surface area contributed by atoms with Gasteiger partial charge in [-0.15, -0.1) is 0 Å². The smallest absolute Gasteiger partial charge is 0.279 e. The molecule has 1 heterocycles. The van der Waals surface area contributed by atoms with Crippen LogP contribution < -0.4 is 9.04 Å². The van der Waals surface area contributed by atoms with E-state index in [1.54, 1.807) is 30.3 Å². The quantitative estimate of drug-likeness (QED) is 0.304. The molecule has 3 aromatic carbocycles. The molecule has 32 heavy (non-hydrogen) atoms. The normalized spacial score (nSPS) is 11.3. The fraction of sp³-hybridized carbons (Fsp3) is 0.0455. The number of nitro benzene ring substituents is 1. The molecule has 0 aliphatic heterocycles. The predicted molar refractivity (Wildman–Crippen MR) is 117 cm³/mol. The molecule has 0 fully saturated rings. The van der Waals surface area contributed by atoms with Gasteiger partial charge in [0.05, 0.1) is 20.9 Å². The monoisotopic (exact) mass is 453 g/mol. The Labute approximate surface area is 182 Å². The van der Waals surface area contributed by atoms with E-state index in [2.05, 4.69) is 4.98 Å². The van der Waals surface area contributed by atoms with E-state index >= 15 is 0 Å². The number of sulfonamides is 1. The summed E-state index contributed by atoms with van der Waals surface area (Å²) in [6.07, 6.45) is 2.91. The van der Waals surface area contributed by atoms with E-state index in [1.807, 2.05) is 0 Å². The fourth-order valence-corrected chi connectivity index (χ4v) is 4.35. The third-order valence-corrected chi connectivity index (χ3v) is 6.65. The molecule has 4 rings (SSSR count). The van der Waals surface area contributed by atoms with E-state index in [9.17, 15) is 22.9 Å². The van der Waals surface area contributed by atoms with Gasteiger partial charge in [0, 0.05) is 30.9 Å². The highest BCUT2D eigenvalue weighted by molar-refractivity contribution is 7.92. The van der Waals surface area contributed by atoms with Crippen LogP contribution in [0.5, 0.6) is 11.5 Å². The number of benzene rings is 3. The fourth-order valence-electron chi connectivity index (χ4n) is 3.15. The van der Waals surface area contributed by atoms with Crippen molar-refractivity contribution < 1.29 is 22.5 Å². The van der Waals surface area contributed by atoms with Crippen molar-refractivity contribution in [2.24, 2.45) is 0 Å². The van der Waals surface area contributed by atoms with Crippen LogP contribution in [0.4, 0.5) is 15.8 Å². The van der Waals surface area contributed by atoms with Gasteiger partial charge in [0.2, 0.25) is 0 Å².